The van der Waals surface area contributed by atoms with E-state index in [9.17, 15) is 13.2 Å². The highest BCUT2D eigenvalue weighted by Gasteiger charge is 2.18. The molecule has 0 fully saturated rings. The van der Waals surface area contributed by atoms with Crippen LogP contribution in [0.3, 0.4) is 0 Å². The van der Waals surface area contributed by atoms with Gasteiger partial charge < -0.3 is 5.32 Å². The van der Waals surface area contributed by atoms with Crippen LogP contribution in [0.25, 0.3) is 0 Å². The first-order valence-corrected chi connectivity index (χ1v) is 11.9. The monoisotopic (exact) mass is 436 g/mol. The third-order valence-corrected chi connectivity index (χ3v) is 6.67. The molecule has 0 unspecified atom stereocenters. The van der Waals surface area contributed by atoms with Gasteiger partial charge in [0.25, 0.3) is 5.91 Å². The van der Waals surface area contributed by atoms with E-state index in [1.807, 2.05) is 57.2 Å². The van der Waals surface area contributed by atoms with Crippen LogP contribution in [0.2, 0.25) is 0 Å². The maximum atomic E-state index is 13.0. The molecular formula is C25H28N2O3S. The van der Waals surface area contributed by atoms with Gasteiger partial charge in [0.1, 0.15) is 0 Å². The Morgan fingerprint density at radius 1 is 0.871 bits per heavy atom. The minimum atomic E-state index is -3.65. The number of anilines is 1. The maximum Gasteiger partial charge on any atom is 0.255 e. The molecule has 5 nitrogen and oxygen atoms in total. The number of nitrogens with one attached hydrogen (secondary N) is 2. The summed E-state index contributed by atoms with van der Waals surface area (Å²) in [5.41, 5.74) is 4.92. The number of sulfonamides is 1. The summed E-state index contributed by atoms with van der Waals surface area (Å²) in [6, 6.07) is 19.9. The van der Waals surface area contributed by atoms with Crippen molar-refractivity contribution in [3.63, 3.8) is 0 Å². The van der Waals surface area contributed by atoms with E-state index in [-0.39, 0.29) is 17.3 Å². The summed E-state index contributed by atoms with van der Waals surface area (Å²) in [6.07, 6.45) is 1.43. The van der Waals surface area contributed by atoms with Crippen molar-refractivity contribution >= 4 is 21.6 Å². The Hall–Kier alpha value is -2.96. The summed E-state index contributed by atoms with van der Waals surface area (Å²) in [4.78, 5) is 13.3. The highest BCUT2D eigenvalue weighted by molar-refractivity contribution is 7.89. The van der Waals surface area contributed by atoms with Gasteiger partial charge in [0.2, 0.25) is 10.0 Å². The molecule has 0 aliphatic carbocycles. The number of benzene rings is 3. The predicted molar refractivity (Wildman–Crippen MR) is 125 cm³/mol. The smallest absolute Gasteiger partial charge is 0.255 e. The lowest BCUT2D eigenvalue weighted by atomic mass is 9.98. The number of para-hydroxylation sites is 1. The van der Waals surface area contributed by atoms with Crippen LogP contribution in [-0.2, 0) is 29.4 Å². The van der Waals surface area contributed by atoms with Crippen LogP contribution in [-0.4, -0.2) is 14.3 Å². The van der Waals surface area contributed by atoms with Crippen molar-refractivity contribution in [3.05, 3.63) is 94.5 Å². The molecule has 2 N–H and O–H groups in total. The molecule has 0 aromatic heterocycles. The van der Waals surface area contributed by atoms with Gasteiger partial charge in [-0.15, -0.1) is 0 Å². The van der Waals surface area contributed by atoms with Crippen molar-refractivity contribution in [2.24, 2.45) is 0 Å². The fourth-order valence-electron chi connectivity index (χ4n) is 3.61. The molecule has 0 atom stereocenters. The molecule has 6 heteroatoms. The predicted octanol–water partition coefficient (Wildman–Crippen LogP) is 4.85. The molecule has 0 saturated heterocycles. The molecule has 0 heterocycles. The molecule has 162 valence electrons. The summed E-state index contributed by atoms with van der Waals surface area (Å²) in [5.74, 6) is -0.193. The lowest BCUT2D eigenvalue weighted by molar-refractivity contribution is 0.102. The maximum absolute atomic E-state index is 13.0. The average molecular weight is 437 g/mol. The van der Waals surface area contributed by atoms with Gasteiger partial charge in [-0.2, -0.15) is 0 Å². The van der Waals surface area contributed by atoms with Crippen molar-refractivity contribution in [1.29, 1.82) is 0 Å². The van der Waals surface area contributed by atoms with Crippen molar-refractivity contribution in [2.75, 3.05) is 5.32 Å². The zero-order valence-corrected chi connectivity index (χ0v) is 18.9. The van der Waals surface area contributed by atoms with Gasteiger partial charge in [0.15, 0.2) is 0 Å². The van der Waals surface area contributed by atoms with E-state index in [0.717, 1.165) is 34.4 Å². The molecule has 3 aromatic rings. The molecule has 0 aliphatic rings. The van der Waals surface area contributed by atoms with Crippen LogP contribution in [0.4, 0.5) is 5.69 Å². The first kappa shape index (κ1) is 22.7. The largest absolute Gasteiger partial charge is 0.322 e. The molecule has 0 saturated carbocycles. The lowest BCUT2D eigenvalue weighted by Gasteiger charge is -2.16. The second-order valence-corrected chi connectivity index (χ2v) is 9.17. The van der Waals surface area contributed by atoms with Gasteiger partial charge in [-0.25, -0.2) is 13.1 Å². The summed E-state index contributed by atoms with van der Waals surface area (Å²) >= 11 is 0. The van der Waals surface area contributed by atoms with Gasteiger partial charge in [-0.3, -0.25) is 4.79 Å². The van der Waals surface area contributed by atoms with Crippen molar-refractivity contribution < 1.29 is 13.2 Å². The van der Waals surface area contributed by atoms with Crippen LogP contribution in [0.15, 0.2) is 71.6 Å². The third-order valence-electron chi connectivity index (χ3n) is 5.27. The number of hydrogen-bond donors (Lipinski definition) is 2. The molecule has 1 amide bonds. The summed E-state index contributed by atoms with van der Waals surface area (Å²) < 4.78 is 28.1. The Balaban J connectivity index is 1.83. The number of rotatable bonds is 8. The van der Waals surface area contributed by atoms with Crippen molar-refractivity contribution in [3.8, 4) is 0 Å². The molecule has 31 heavy (non-hydrogen) atoms. The molecule has 3 rings (SSSR count). The number of hydrogen-bond acceptors (Lipinski definition) is 3. The van der Waals surface area contributed by atoms with Crippen LogP contribution in [0.5, 0.6) is 0 Å². The topological polar surface area (TPSA) is 75.3 Å². The minimum absolute atomic E-state index is 0.117. The zero-order chi connectivity index (χ0) is 22.4. The van der Waals surface area contributed by atoms with Crippen LogP contribution in [0, 0.1) is 6.92 Å². The van der Waals surface area contributed by atoms with E-state index in [1.54, 1.807) is 30.3 Å². The van der Waals surface area contributed by atoms with E-state index < -0.39 is 10.0 Å². The molecule has 3 aromatic carbocycles. The highest BCUT2D eigenvalue weighted by Crippen LogP contribution is 2.21. The molecule has 0 aliphatic heterocycles. The zero-order valence-electron chi connectivity index (χ0n) is 18.1. The number of amides is 1. The third kappa shape index (κ3) is 5.40. The minimum Gasteiger partial charge on any atom is -0.322 e. The van der Waals surface area contributed by atoms with E-state index in [4.69, 9.17) is 0 Å². The normalized spacial score (nSPS) is 11.3. The van der Waals surface area contributed by atoms with Gasteiger partial charge in [0.05, 0.1) is 4.90 Å². The van der Waals surface area contributed by atoms with Gasteiger partial charge >= 0.3 is 0 Å². The Bertz CT molecular complexity index is 1190. The quantitative estimate of drug-likeness (QED) is 0.530. The highest BCUT2D eigenvalue weighted by atomic mass is 32.2. The van der Waals surface area contributed by atoms with Gasteiger partial charge in [-0.1, -0.05) is 56.3 Å². The van der Waals surface area contributed by atoms with Crippen LogP contribution in [0.1, 0.15) is 46.5 Å². The molecule has 0 bridgehead atoms. The second kappa shape index (κ2) is 9.90. The summed E-state index contributed by atoms with van der Waals surface area (Å²) in [6.45, 7) is 5.98. The average Bonchev–Trinajstić information content (AvgIpc) is 2.77. The molecular weight excluding hydrogens is 408 g/mol. The fraction of sp³-hybridized carbons (Fsp3) is 0.240. The molecule has 0 radical (unpaired) electrons. The van der Waals surface area contributed by atoms with Gasteiger partial charge in [0, 0.05) is 17.8 Å². The summed E-state index contributed by atoms with van der Waals surface area (Å²) in [5, 5.41) is 3.01. The van der Waals surface area contributed by atoms with Gasteiger partial charge in [-0.05, 0) is 66.3 Å². The standard InChI is InChI=1S/C25H28N2O3S/c1-4-19-11-6-7-15-24(19)27-25(28)23-14-9-12-20(22(23)5-2)17-26-31(29,30)21-13-8-10-18(3)16-21/h6-16,26H,4-5,17H2,1-3H3,(H,27,28). The SMILES string of the molecule is CCc1ccccc1NC(=O)c1cccc(CNS(=O)(=O)c2cccc(C)c2)c1CC. The van der Waals surface area contributed by atoms with Crippen molar-refractivity contribution in [2.45, 2.75) is 45.1 Å². The molecule has 0 spiro atoms. The number of carbonyl (C=O) groups is 1. The van der Waals surface area contributed by atoms with Crippen LogP contribution >= 0.6 is 0 Å². The Labute approximate surface area is 184 Å². The number of carbonyl (C=O) groups excluding carboxylic acids is 1. The fourth-order valence-corrected chi connectivity index (χ4v) is 4.72. The Kier molecular flexibility index (Phi) is 7.25. The van der Waals surface area contributed by atoms with E-state index >= 15 is 0 Å². The lowest BCUT2D eigenvalue weighted by Crippen LogP contribution is -2.24. The van der Waals surface area contributed by atoms with Crippen LogP contribution < -0.4 is 10.0 Å². The number of aryl methyl sites for hydroxylation is 2. The van der Waals surface area contributed by atoms with Crippen molar-refractivity contribution in [1.82, 2.24) is 4.72 Å². The van der Waals surface area contributed by atoms with E-state index in [2.05, 4.69) is 10.0 Å². The Morgan fingerprint density at radius 2 is 1.58 bits per heavy atom. The van der Waals surface area contributed by atoms with E-state index in [0.29, 0.717) is 12.0 Å². The second-order valence-electron chi connectivity index (χ2n) is 7.40. The Morgan fingerprint density at radius 3 is 2.29 bits per heavy atom. The first-order valence-electron chi connectivity index (χ1n) is 10.4. The van der Waals surface area contributed by atoms with E-state index in [1.165, 1.54) is 0 Å². The first-order chi connectivity index (χ1) is 14.9. The summed E-state index contributed by atoms with van der Waals surface area (Å²) in [7, 11) is -3.65.